The molecule has 3 heterocycles. The second kappa shape index (κ2) is 13.1. The highest BCUT2D eigenvalue weighted by Gasteiger charge is 2.36. The number of alkyl halides is 3. The number of hydrogen-bond acceptors (Lipinski definition) is 7. The first kappa shape index (κ1) is 31.9. The number of nitrogens with one attached hydrogen (secondary N) is 1. The van der Waals surface area contributed by atoms with Gasteiger partial charge >= 0.3 is 6.18 Å². The number of benzene rings is 1. The molecule has 0 radical (unpaired) electrons. The van der Waals surface area contributed by atoms with E-state index in [1.54, 1.807) is 38.3 Å². The van der Waals surface area contributed by atoms with Gasteiger partial charge in [0.05, 0.1) is 11.1 Å². The van der Waals surface area contributed by atoms with Gasteiger partial charge in [-0.1, -0.05) is 6.08 Å². The molecule has 1 aromatic carbocycles. The highest BCUT2D eigenvalue weighted by atomic mass is 19.4. The van der Waals surface area contributed by atoms with Crippen molar-refractivity contribution in [2.75, 3.05) is 29.9 Å². The number of aromatic nitrogens is 2. The molecular weight excluding hydrogens is 578 g/mol. The minimum atomic E-state index is -4.72. The zero-order chi connectivity index (χ0) is 32.2. The molecule has 1 aliphatic rings. The molecule has 0 saturated heterocycles. The molecule has 1 aliphatic heterocycles. The molecule has 0 saturated carbocycles. The lowest BCUT2D eigenvalue weighted by Crippen LogP contribution is -2.37. The number of aryl methyl sites for hydroxylation is 1. The summed E-state index contributed by atoms with van der Waals surface area (Å²) in [5.74, 6) is 0.0783. The van der Waals surface area contributed by atoms with Gasteiger partial charge in [0, 0.05) is 38.4 Å². The number of rotatable bonds is 10. The fraction of sp³-hybridized carbons (Fsp3) is 0.323. The van der Waals surface area contributed by atoms with Crippen molar-refractivity contribution in [1.29, 1.82) is 5.26 Å². The Morgan fingerprint density at radius 1 is 1.20 bits per heavy atom. The molecule has 0 fully saturated rings. The smallest absolute Gasteiger partial charge is 0.377 e. The van der Waals surface area contributed by atoms with Gasteiger partial charge in [-0.2, -0.15) is 18.4 Å². The number of allylic oxidation sites excluding steroid dienone is 3. The lowest BCUT2D eigenvalue weighted by molar-refractivity contribution is -0.140. The van der Waals surface area contributed by atoms with Gasteiger partial charge in [0.15, 0.2) is 5.69 Å². The molecule has 1 atom stereocenters. The van der Waals surface area contributed by atoms with Crippen molar-refractivity contribution in [2.45, 2.75) is 39.4 Å². The predicted molar refractivity (Wildman–Crippen MR) is 161 cm³/mol. The Morgan fingerprint density at radius 3 is 2.61 bits per heavy atom. The van der Waals surface area contributed by atoms with Crippen molar-refractivity contribution in [2.24, 2.45) is 12.0 Å². The molecule has 3 aromatic rings. The van der Waals surface area contributed by atoms with Crippen LogP contribution < -0.4 is 15.8 Å². The third-order valence-electron chi connectivity index (χ3n) is 7.27. The number of carbonyl (C=O) groups excluding carboxylic acids is 1. The van der Waals surface area contributed by atoms with E-state index in [2.05, 4.69) is 15.3 Å². The van der Waals surface area contributed by atoms with Gasteiger partial charge < -0.3 is 10.2 Å². The molecule has 1 amide bonds. The van der Waals surface area contributed by atoms with Crippen molar-refractivity contribution in [3.8, 4) is 6.07 Å². The van der Waals surface area contributed by atoms with Crippen LogP contribution in [0.4, 0.5) is 29.1 Å². The van der Waals surface area contributed by atoms with Crippen molar-refractivity contribution >= 4 is 34.4 Å². The van der Waals surface area contributed by atoms with Gasteiger partial charge in [-0.3, -0.25) is 19.1 Å². The Kier molecular flexibility index (Phi) is 9.52. The van der Waals surface area contributed by atoms with Crippen LogP contribution >= 0.6 is 0 Å². The average molecular weight is 610 g/mol. The fourth-order valence-corrected chi connectivity index (χ4v) is 5.04. The zero-order valence-corrected chi connectivity index (χ0v) is 24.6. The Bertz CT molecular complexity index is 1770. The molecule has 2 aromatic heterocycles. The van der Waals surface area contributed by atoms with E-state index in [1.165, 1.54) is 34.6 Å². The van der Waals surface area contributed by atoms with Crippen LogP contribution in [0.3, 0.4) is 0 Å². The quantitative estimate of drug-likeness (QED) is 0.236. The Morgan fingerprint density at radius 2 is 1.95 bits per heavy atom. The summed E-state index contributed by atoms with van der Waals surface area (Å²) in [7, 11) is 1.54. The van der Waals surface area contributed by atoms with Gasteiger partial charge in [0.25, 0.3) is 5.56 Å². The summed E-state index contributed by atoms with van der Waals surface area (Å²) in [4.78, 5) is 36.6. The molecule has 0 aliphatic carbocycles. The lowest BCUT2D eigenvalue weighted by Gasteiger charge is -2.29. The molecule has 0 unspecified atom stereocenters. The number of nitriles is 1. The van der Waals surface area contributed by atoms with E-state index in [9.17, 15) is 32.4 Å². The van der Waals surface area contributed by atoms with Gasteiger partial charge in [0.1, 0.15) is 29.2 Å². The van der Waals surface area contributed by atoms with E-state index in [0.717, 1.165) is 6.07 Å². The molecule has 230 valence electrons. The van der Waals surface area contributed by atoms with Gasteiger partial charge in [0.2, 0.25) is 6.41 Å². The average Bonchev–Trinajstić information content (AvgIpc) is 3.23. The number of hydrogen-bond donors (Lipinski definition) is 1. The first-order chi connectivity index (χ1) is 20.9. The summed E-state index contributed by atoms with van der Waals surface area (Å²) in [6.45, 7) is 5.76. The van der Waals surface area contributed by atoms with Crippen LogP contribution in [0, 0.1) is 24.1 Å². The first-order valence-corrected chi connectivity index (χ1v) is 13.8. The van der Waals surface area contributed by atoms with Crippen LogP contribution in [0.1, 0.15) is 43.3 Å². The number of aliphatic imine (C=N–C) groups is 1. The molecule has 13 heteroatoms. The van der Waals surface area contributed by atoms with E-state index in [0.29, 0.717) is 36.4 Å². The van der Waals surface area contributed by atoms with Crippen LogP contribution in [0.15, 0.2) is 64.2 Å². The number of amides is 1. The van der Waals surface area contributed by atoms with Gasteiger partial charge in [-0.05, 0) is 80.6 Å². The first-order valence-electron chi connectivity index (χ1n) is 13.8. The van der Waals surface area contributed by atoms with Crippen LogP contribution in [-0.4, -0.2) is 46.2 Å². The number of carbonyl (C=O) groups is 1. The van der Waals surface area contributed by atoms with E-state index in [-0.39, 0.29) is 41.1 Å². The molecule has 0 spiro atoms. The number of likely N-dealkylation sites (N-methyl/N-ethyl adjacent to an activating group) is 1. The standard InChI is InChI=1S/C31H31F4N7O2/c1-5-41(12-13-42(18-43)27-9-7-6-8-22(17-36)39-27)28-16-24-23(14-21(32)15-25(24)30(44)40(28)4)20(3)38-26-11-10-19(2)37-29(26)31(33,34)35/h6,8-11,14-16,18,20,38H,5,7,12-13H2,1-4H3/t20-/m1/s1. The number of anilines is 2. The largest absolute Gasteiger partial charge is 0.435 e. The maximum Gasteiger partial charge on any atom is 0.435 e. The lowest BCUT2D eigenvalue weighted by atomic mass is 9.99. The number of halogens is 4. The molecule has 9 nitrogen and oxygen atoms in total. The third-order valence-corrected chi connectivity index (χ3v) is 7.27. The SMILES string of the molecule is CCN(CCN(C=O)C1=CCC=CC(C#N)=N1)c1cc2c([C@@H](C)Nc3ccc(C)nc3C(F)(F)F)cc(F)cc2c(=O)n1C. The van der Waals surface area contributed by atoms with Crippen molar-refractivity contribution in [3.05, 3.63) is 87.5 Å². The second-order valence-electron chi connectivity index (χ2n) is 10.2. The Labute approximate surface area is 251 Å². The van der Waals surface area contributed by atoms with Crippen molar-refractivity contribution in [1.82, 2.24) is 14.5 Å². The highest BCUT2D eigenvalue weighted by Crippen LogP contribution is 2.36. The normalized spacial score (nSPS) is 13.9. The maximum absolute atomic E-state index is 14.8. The van der Waals surface area contributed by atoms with E-state index in [1.807, 2.05) is 17.9 Å². The summed E-state index contributed by atoms with van der Waals surface area (Å²) >= 11 is 0. The fourth-order valence-electron chi connectivity index (χ4n) is 5.04. The topological polar surface area (TPSA) is 107 Å². The summed E-state index contributed by atoms with van der Waals surface area (Å²) in [6, 6.07) is 7.83. The number of fused-ring (bicyclic) bond motifs is 1. The number of pyridine rings is 2. The molecule has 4 rings (SSSR count). The maximum atomic E-state index is 14.8. The summed E-state index contributed by atoms with van der Waals surface area (Å²) in [5.41, 5.74) is -1.22. The minimum Gasteiger partial charge on any atom is -0.377 e. The predicted octanol–water partition coefficient (Wildman–Crippen LogP) is 5.62. The molecule has 0 bridgehead atoms. The van der Waals surface area contributed by atoms with Crippen LogP contribution in [-0.2, 0) is 18.0 Å². The van der Waals surface area contributed by atoms with Crippen molar-refractivity contribution in [3.63, 3.8) is 0 Å². The summed E-state index contributed by atoms with van der Waals surface area (Å²) < 4.78 is 57.4. The highest BCUT2D eigenvalue weighted by molar-refractivity contribution is 6.07. The Balaban J connectivity index is 1.72. The Hall–Kier alpha value is -4.99. The zero-order valence-electron chi connectivity index (χ0n) is 24.6. The minimum absolute atomic E-state index is 0.0676. The third kappa shape index (κ3) is 6.80. The molecule has 44 heavy (non-hydrogen) atoms. The second-order valence-corrected chi connectivity index (χ2v) is 10.2. The number of nitrogens with zero attached hydrogens (tertiary/aromatic N) is 6. The van der Waals surface area contributed by atoms with Crippen LogP contribution in [0.5, 0.6) is 0 Å². The van der Waals surface area contributed by atoms with E-state index in [4.69, 9.17) is 0 Å². The van der Waals surface area contributed by atoms with Crippen molar-refractivity contribution < 1.29 is 22.4 Å². The summed E-state index contributed by atoms with van der Waals surface area (Å²) in [6.07, 6.45) is 1.44. The van der Waals surface area contributed by atoms with E-state index >= 15 is 0 Å². The molecular formula is C31H31F4N7O2. The van der Waals surface area contributed by atoms with Gasteiger partial charge in [-0.15, -0.1) is 0 Å². The molecule has 1 N–H and O–H groups in total. The van der Waals surface area contributed by atoms with Crippen LogP contribution in [0.25, 0.3) is 10.8 Å². The monoisotopic (exact) mass is 609 g/mol. The van der Waals surface area contributed by atoms with E-state index < -0.39 is 29.3 Å². The summed E-state index contributed by atoms with van der Waals surface area (Å²) in [5, 5.41) is 12.5. The van der Waals surface area contributed by atoms with Gasteiger partial charge in [-0.25, -0.2) is 14.4 Å². The van der Waals surface area contributed by atoms with Crippen LogP contribution in [0.2, 0.25) is 0 Å².